The first-order valence-electron chi connectivity index (χ1n) is 6.61. The van der Waals surface area contributed by atoms with Crippen LogP contribution in [0.3, 0.4) is 0 Å². The molecule has 0 radical (unpaired) electrons. The summed E-state index contributed by atoms with van der Waals surface area (Å²) in [5, 5.41) is 0. The first-order chi connectivity index (χ1) is 9.48. The Labute approximate surface area is 121 Å². The van der Waals surface area contributed by atoms with Crippen molar-refractivity contribution in [3.05, 3.63) is 29.3 Å². The molecule has 1 rings (SSSR count). The Morgan fingerprint density at radius 3 is 2.70 bits per heavy atom. The second kappa shape index (κ2) is 7.93. The van der Waals surface area contributed by atoms with Gasteiger partial charge in [0.05, 0.1) is 18.9 Å². The molecule has 0 aliphatic carbocycles. The molecule has 20 heavy (non-hydrogen) atoms. The van der Waals surface area contributed by atoms with Gasteiger partial charge < -0.3 is 10.5 Å². The molecule has 0 aliphatic heterocycles. The van der Waals surface area contributed by atoms with Crippen LogP contribution >= 0.6 is 0 Å². The number of benzene rings is 1. The van der Waals surface area contributed by atoms with Crippen molar-refractivity contribution in [1.29, 1.82) is 0 Å². The zero-order chi connectivity index (χ0) is 15.0. The van der Waals surface area contributed by atoms with E-state index in [2.05, 4.69) is 11.8 Å². The Hall–Kier alpha value is -1.51. The molecule has 4 nitrogen and oxygen atoms in total. The highest BCUT2D eigenvalue weighted by molar-refractivity contribution is 7.91. The third-order valence-corrected chi connectivity index (χ3v) is 4.60. The molecule has 0 aromatic heterocycles. The maximum Gasteiger partial charge on any atom is 0.150 e. The summed E-state index contributed by atoms with van der Waals surface area (Å²) in [4.78, 5) is 0. The fourth-order valence-electron chi connectivity index (χ4n) is 1.65. The number of aryl methyl sites for hydroxylation is 1. The molecule has 0 fully saturated rings. The van der Waals surface area contributed by atoms with Crippen LogP contribution in [0.15, 0.2) is 18.2 Å². The molecule has 0 bridgehead atoms. The summed E-state index contributed by atoms with van der Waals surface area (Å²) in [5.41, 5.74) is 7.20. The fraction of sp³-hybridized carbons (Fsp3) is 0.467. The lowest BCUT2D eigenvalue weighted by atomic mass is 10.1. The standard InChI is InChI=1S/C15H21NO3S/c1-3-20(17,18)11-5-10-19-15-8-7-14(6-4-9-16)12-13(15)2/h7-8,12H,3,5,9-11,16H2,1-2H3. The molecule has 0 amide bonds. The van der Waals surface area contributed by atoms with Crippen LogP contribution in [0.5, 0.6) is 5.75 Å². The minimum absolute atomic E-state index is 0.169. The summed E-state index contributed by atoms with van der Waals surface area (Å²) in [6.45, 7) is 4.32. The zero-order valence-corrected chi connectivity index (χ0v) is 12.8. The van der Waals surface area contributed by atoms with E-state index in [0.717, 1.165) is 16.9 Å². The summed E-state index contributed by atoms with van der Waals surface area (Å²) < 4.78 is 28.3. The van der Waals surface area contributed by atoms with Crippen molar-refractivity contribution in [3.63, 3.8) is 0 Å². The molecule has 1 aromatic carbocycles. The van der Waals surface area contributed by atoms with Crippen LogP contribution in [0.2, 0.25) is 0 Å². The number of ether oxygens (including phenoxy) is 1. The lowest BCUT2D eigenvalue weighted by molar-refractivity contribution is 0.315. The van der Waals surface area contributed by atoms with E-state index >= 15 is 0 Å². The average molecular weight is 295 g/mol. The van der Waals surface area contributed by atoms with Crippen LogP contribution in [0.4, 0.5) is 0 Å². The Morgan fingerprint density at radius 1 is 1.35 bits per heavy atom. The van der Waals surface area contributed by atoms with Gasteiger partial charge in [0.2, 0.25) is 0 Å². The van der Waals surface area contributed by atoms with Crippen molar-refractivity contribution in [2.45, 2.75) is 20.3 Å². The van der Waals surface area contributed by atoms with Crippen molar-refractivity contribution < 1.29 is 13.2 Å². The largest absolute Gasteiger partial charge is 0.493 e. The molecule has 0 atom stereocenters. The average Bonchev–Trinajstić information content (AvgIpc) is 2.43. The highest BCUT2D eigenvalue weighted by atomic mass is 32.2. The van der Waals surface area contributed by atoms with Gasteiger partial charge in [-0.1, -0.05) is 18.8 Å². The van der Waals surface area contributed by atoms with Crippen molar-refractivity contribution in [2.24, 2.45) is 5.73 Å². The van der Waals surface area contributed by atoms with Crippen molar-refractivity contribution in [3.8, 4) is 17.6 Å². The summed E-state index contributed by atoms with van der Waals surface area (Å²) in [5.74, 6) is 6.87. The number of rotatable bonds is 6. The van der Waals surface area contributed by atoms with Gasteiger partial charge in [0, 0.05) is 11.3 Å². The summed E-state index contributed by atoms with van der Waals surface area (Å²) in [7, 11) is -2.91. The fourth-order valence-corrected chi connectivity index (χ4v) is 2.49. The molecular formula is C15H21NO3S. The third kappa shape index (κ3) is 5.64. The minimum Gasteiger partial charge on any atom is -0.493 e. The van der Waals surface area contributed by atoms with Crippen LogP contribution in [-0.2, 0) is 9.84 Å². The van der Waals surface area contributed by atoms with Gasteiger partial charge in [-0.05, 0) is 37.1 Å². The van der Waals surface area contributed by atoms with Gasteiger partial charge in [0.15, 0.2) is 0 Å². The molecular weight excluding hydrogens is 274 g/mol. The van der Waals surface area contributed by atoms with E-state index in [0.29, 0.717) is 19.6 Å². The van der Waals surface area contributed by atoms with Gasteiger partial charge in [-0.2, -0.15) is 0 Å². The highest BCUT2D eigenvalue weighted by Gasteiger charge is 2.07. The lowest BCUT2D eigenvalue weighted by Crippen LogP contribution is -2.12. The van der Waals surface area contributed by atoms with Crippen LogP contribution < -0.4 is 10.5 Å². The topological polar surface area (TPSA) is 69.4 Å². The monoisotopic (exact) mass is 295 g/mol. The number of hydrogen-bond donors (Lipinski definition) is 1. The van der Waals surface area contributed by atoms with E-state index in [-0.39, 0.29) is 11.5 Å². The third-order valence-electron chi connectivity index (χ3n) is 2.81. The van der Waals surface area contributed by atoms with E-state index < -0.39 is 9.84 Å². The predicted molar refractivity (Wildman–Crippen MR) is 81.6 cm³/mol. The van der Waals surface area contributed by atoms with E-state index in [1.165, 1.54) is 0 Å². The first kappa shape index (κ1) is 16.5. The predicted octanol–water partition coefficient (Wildman–Crippen LogP) is 1.51. The summed E-state index contributed by atoms with van der Waals surface area (Å²) >= 11 is 0. The van der Waals surface area contributed by atoms with Crippen molar-refractivity contribution in [2.75, 3.05) is 24.7 Å². The highest BCUT2D eigenvalue weighted by Crippen LogP contribution is 2.19. The number of hydrogen-bond acceptors (Lipinski definition) is 4. The van der Waals surface area contributed by atoms with E-state index in [1.807, 2.05) is 25.1 Å². The number of nitrogens with two attached hydrogens (primary N) is 1. The number of sulfone groups is 1. The Balaban J connectivity index is 2.53. The Kier molecular flexibility index (Phi) is 6.56. The second-order valence-electron chi connectivity index (χ2n) is 4.42. The lowest BCUT2D eigenvalue weighted by Gasteiger charge is -2.09. The van der Waals surface area contributed by atoms with Gasteiger partial charge in [-0.25, -0.2) is 8.42 Å². The summed E-state index contributed by atoms with van der Waals surface area (Å²) in [6, 6.07) is 5.65. The van der Waals surface area contributed by atoms with Crippen molar-refractivity contribution in [1.82, 2.24) is 0 Å². The van der Waals surface area contributed by atoms with Crippen LogP contribution in [-0.4, -0.2) is 33.1 Å². The normalized spacial score (nSPS) is 10.8. The molecule has 0 spiro atoms. The van der Waals surface area contributed by atoms with Gasteiger partial charge in [-0.3, -0.25) is 0 Å². The molecule has 0 saturated heterocycles. The molecule has 110 valence electrons. The Morgan fingerprint density at radius 2 is 2.10 bits per heavy atom. The first-order valence-corrected chi connectivity index (χ1v) is 8.43. The zero-order valence-electron chi connectivity index (χ0n) is 12.0. The van der Waals surface area contributed by atoms with Crippen LogP contribution in [0, 0.1) is 18.8 Å². The van der Waals surface area contributed by atoms with E-state index in [4.69, 9.17) is 10.5 Å². The quantitative estimate of drug-likeness (QED) is 0.638. The molecule has 0 unspecified atom stereocenters. The Bertz CT molecular complexity index is 597. The van der Waals surface area contributed by atoms with Gasteiger partial charge in [-0.15, -0.1) is 0 Å². The second-order valence-corrected chi connectivity index (χ2v) is 6.90. The molecule has 2 N–H and O–H groups in total. The van der Waals surface area contributed by atoms with Crippen molar-refractivity contribution >= 4 is 9.84 Å². The van der Waals surface area contributed by atoms with E-state index in [1.54, 1.807) is 6.92 Å². The van der Waals surface area contributed by atoms with Gasteiger partial charge in [0.25, 0.3) is 0 Å². The SMILES string of the molecule is CCS(=O)(=O)CCCOc1ccc(C#CCN)cc1C. The summed E-state index contributed by atoms with van der Waals surface area (Å²) in [6.07, 6.45) is 0.504. The van der Waals surface area contributed by atoms with Crippen LogP contribution in [0.1, 0.15) is 24.5 Å². The van der Waals surface area contributed by atoms with Gasteiger partial charge >= 0.3 is 0 Å². The maximum atomic E-state index is 11.3. The van der Waals surface area contributed by atoms with E-state index in [9.17, 15) is 8.42 Å². The van der Waals surface area contributed by atoms with Gasteiger partial charge in [0.1, 0.15) is 15.6 Å². The molecule has 0 saturated carbocycles. The molecule has 0 heterocycles. The van der Waals surface area contributed by atoms with Crippen LogP contribution in [0.25, 0.3) is 0 Å². The smallest absolute Gasteiger partial charge is 0.150 e. The molecule has 5 heteroatoms. The minimum atomic E-state index is -2.91. The molecule has 1 aromatic rings. The maximum absolute atomic E-state index is 11.3. The molecule has 0 aliphatic rings.